The van der Waals surface area contributed by atoms with Gasteiger partial charge in [-0.3, -0.25) is 19.7 Å². The van der Waals surface area contributed by atoms with Crippen molar-refractivity contribution in [3.8, 4) is 5.75 Å². The summed E-state index contributed by atoms with van der Waals surface area (Å²) in [5.74, 6) is 0.177. The Morgan fingerprint density at radius 3 is 2.44 bits per heavy atom. The molecule has 0 radical (unpaired) electrons. The molecule has 0 aliphatic carbocycles. The summed E-state index contributed by atoms with van der Waals surface area (Å²) in [6, 6.07) is 19.7. The summed E-state index contributed by atoms with van der Waals surface area (Å²) < 4.78 is 5.69. The maximum absolute atomic E-state index is 12.7. The van der Waals surface area contributed by atoms with E-state index in [0.717, 1.165) is 22.2 Å². The molecule has 4 rings (SSSR count). The predicted octanol–water partition coefficient (Wildman–Crippen LogP) is 6.07. The zero-order chi connectivity index (χ0) is 22.7. The van der Waals surface area contributed by atoms with Crippen molar-refractivity contribution in [2.75, 3.05) is 4.90 Å². The largest absolute Gasteiger partial charge is 0.489 e. The van der Waals surface area contributed by atoms with Gasteiger partial charge in [0.1, 0.15) is 12.4 Å². The first-order chi connectivity index (χ1) is 15.4. The second-order valence-corrected chi connectivity index (χ2v) is 8.21. The van der Waals surface area contributed by atoms with Crippen molar-refractivity contribution in [3.05, 3.63) is 104 Å². The lowest BCUT2D eigenvalue weighted by Crippen LogP contribution is -2.27. The van der Waals surface area contributed by atoms with Crippen LogP contribution >= 0.6 is 23.4 Å². The molecule has 0 atom stereocenters. The van der Waals surface area contributed by atoms with Crippen LogP contribution in [0.3, 0.4) is 0 Å². The molecule has 0 N–H and O–H groups in total. The first kappa shape index (κ1) is 21.6. The lowest BCUT2D eigenvalue weighted by atomic mass is 10.2. The zero-order valence-corrected chi connectivity index (χ0v) is 18.0. The minimum Gasteiger partial charge on any atom is -0.489 e. The fourth-order valence-electron chi connectivity index (χ4n) is 3.02. The Kier molecular flexibility index (Phi) is 6.25. The second kappa shape index (κ2) is 9.25. The summed E-state index contributed by atoms with van der Waals surface area (Å²) in [7, 11) is 0. The second-order valence-electron chi connectivity index (χ2n) is 6.78. The molecule has 0 saturated carbocycles. The maximum Gasteiger partial charge on any atom is 0.298 e. The number of rotatable bonds is 6. The topological polar surface area (TPSA) is 89.7 Å². The monoisotopic (exact) mass is 466 g/mol. The van der Waals surface area contributed by atoms with Gasteiger partial charge in [0.15, 0.2) is 0 Å². The van der Waals surface area contributed by atoms with Crippen LogP contribution in [0.1, 0.15) is 11.1 Å². The molecule has 0 aromatic heterocycles. The number of hydrogen-bond donors (Lipinski definition) is 0. The van der Waals surface area contributed by atoms with Crippen molar-refractivity contribution in [2.24, 2.45) is 0 Å². The van der Waals surface area contributed by atoms with Crippen molar-refractivity contribution in [1.82, 2.24) is 0 Å². The minimum absolute atomic E-state index is 0.00833. The summed E-state index contributed by atoms with van der Waals surface area (Å²) in [4.78, 5) is 36.9. The van der Waals surface area contributed by atoms with Gasteiger partial charge >= 0.3 is 0 Å². The molecular formula is C23H15ClN2O5S. The number of nitro groups is 1. The average molecular weight is 467 g/mol. The quantitative estimate of drug-likeness (QED) is 0.249. The predicted molar refractivity (Wildman–Crippen MR) is 124 cm³/mol. The lowest BCUT2D eigenvalue weighted by Gasteiger charge is -2.12. The standard InChI is InChI=1S/C23H15ClN2O5S/c24-17-6-8-18(9-7-17)25-22(27)21(32-23(25)28)13-15-4-10-20(11-5-15)31-14-16-2-1-3-19(12-16)26(29)30/h1-13H,14H2/b21-13+. The fourth-order valence-corrected chi connectivity index (χ4v) is 3.99. The number of nitro benzene ring substituents is 1. The Morgan fingerprint density at radius 1 is 1.03 bits per heavy atom. The normalized spacial score (nSPS) is 14.8. The highest BCUT2D eigenvalue weighted by Gasteiger charge is 2.36. The summed E-state index contributed by atoms with van der Waals surface area (Å²) >= 11 is 6.74. The molecule has 0 spiro atoms. The van der Waals surface area contributed by atoms with Gasteiger partial charge in [-0.1, -0.05) is 35.9 Å². The van der Waals surface area contributed by atoms with Crippen molar-refractivity contribution in [3.63, 3.8) is 0 Å². The van der Waals surface area contributed by atoms with Crippen molar-refractivity contribution >= 4 is 52.0 Å². The van der Waals surface area contributed by atoms with Gasteiger partial charge in [0.25, 0.3) is 16.8 Å². The van der Waals surface area contributed by atoms with E-state index in [-0.39, 0.29) is 17.5 Å². The number of carbonyl (C=O) groups excluding carboxylic acids is 2. The number of ether oxygens (including phenoxy) is 1. The average Bonchev–Trinajstić information content (AvgIpc) is 3.07. The summed E-state index contributed by atoms with van der Waals surface area (Å²) in [5, 5.41) is 11.0. The number of nitrogens with zero attached hydrogens (tertiary/aromatic N) is 2. The van der Waals surface area contributed by atoms with Gasteiger partial charge in [-0.2, -0.15) is 0 Å². The Bertz CT molecular complexity index is 1230. The lowest BCUT2D eigenvalue weighted by molar-refractivity contribution is -0.384. The molecule has 3 aromatic rings. The molecule has 160 valence electrons. The van der Waals surface area contributed by atoms with Crippen LogP contribution in [0.5, 0.6) is 5.75 Å². The summed E-state index contributed by atoms with van der Waals surface area (Å²) in [6.07, 6.45) is 1.64. The molecule has 1 saturated heterocycles. The van der Waals surface area contributed by atoms with Gasteiger partial charge < -0.3 is 4.74 Å². The maximum atomic E-state index is 12.7. The molecule has 32 heavy (non-hydrogen) atoms. The molecule has 7 nitrogen and oxygen atoms in total. The molecule has 0 bridgehead atoms. The van der Waals surface area contributed by atoms with E-state index < -0.39 is 10.8 Å². The van der Waals surface area contributed by atoms with Crippen LogP contribution in [0.15, 0.2) is 77.7 Å². The van der Waals surface area contributed by atoms with Crippen LogP contribution in [0.2, 0.25) is 5.02 Å². The highest BCUT2D eigenvalue weighted by molar-refractivity contribution is 8.19. The van der Waals surface area contributed by atoms with Crippen LogP contribution in [0.25, 0.3) is 6.08 Å². The summed E-state index contributed by atoms with van der Waals surface area (Å²) in [5.41, 5.74) is 1.88. The van der Waals surface area contributed by atoms with Gasteiger partial charge in [-0.05, 0) is 65.4 Å². The number of non-ortho nitro benzene ring substituents is 1. The zero-order valence-electron chi connectivity index (χ0n) is 16.4. The van der Waals surface area contributed by atoms with E-state index in [1.165, 1.54) is 12.1 Å². The van der Waals surface area contributed by atoms with E-state index in [9.17, 15) is 19.7 Å². The van der Waals surface area contributed by atoms with Gasteiger partial charge in [-0.15, -0.1) is 0 Å². The number of halogens is 1. The van der Waals surface area contributed by atoms with Gasteiger partial charge in [-0.25, -0.2) is 4.90 Å². The molecule has 0 unspecified atom stereocenters. The van der Waals surface area contributed by atoms with E-state index in [4.69, 9.17) is 16.3 Å². The van der Waals surface area contributed by atoms with Gasteiger partial charge in [0.05, 0.1) is 15.5 Å². The first-order valence-electron chi connectivity index (χ1n) is 9.40. The number of thioether (sulfide) groups is 1. The Balaban J connectivity index is 1.43. The smallest absolute Gasteiger partial charge is 0.298 e. The van der Waals surface area contributed by atoms with E-state index in [1.807, 2.05) is 0 Å². The van der Waals surface area contributed by atoms with Crippen LogP contribution < -0.4 is 9.64 Å². The molecule has 1 aliphatic rings. The van der Waals surface area contributed by atoms with Crippen molar-refractivity contribution in [2.45, 2.75) is 6.61 Å². The molecule has 1 aliphatic heterocycles. The van der Waals surface area contributed by atoms with Crippen LogP contribution in [0.4, 0.5) is 16.2 Å². The van der Waals surface area contributed by atoms with Crippen LogP contribution in [0, 0.1) is 10.1 Å². The molecule has 1 heterocycles. The number of hydrogen-bond acceptors (Lipinski definition) is 6. The Hall–Kier alpha value is -3.62. The Labute approximate surface area is 192 Å². The number of anilines is 1. The Morgan fingerprint density at radius 2 is 1.75 bits per heavy atom. The van der Waals surface area contributed by atoms with Crippen molar-refractivity contribution < 1.29 is 19.2 Å². The molecular weight excluding hydrogens is 452 g/mol. The number of imide groups is 1. The number of carbonyl (C=O) groups is 2. The van der Waals surface area contributed by atoms with E-state index in [2.05, 4.69) is 0 Å². The van der Waals surface area contributed by atoms with E-state index in [0.29, 0.717) is 26.9 Å². The number of amides is 2. The highest BCUT2D eigenvalue weighted by atomic mass is 35.5. The van der Waals surface area contributed by atoms with E-state index >= 15 is 0 Å². The van der Waals surface area contributed by atoms with Crippen molar-refractivity contribution in [1.29, 1.82) is 0 Å². The highest BCUT2D eigenvalue weighted by Crippen LogP contribution is 2.36. The number of benzene rings is 3. The van der Waals surface area contributed by atoms with Crippen LogP contribution in [-0.2, 0) is 11.4 Å². The van der Waals surface area contributed by atoms with E-state index in [1.54, 1.807) is 66.7 Å². The summed E-state index contributed by atoms with van der Waals surface area (Å²) in [6.45, 7) is 0.182. The molecule has 3 aromatic carbocycles. The fraction of sp³-hybridized carbons (Fsp3) is 0.0435. The SMILES string of the molecule is O=C1S/C(=C/c2ccc(OCc3cccc([N+](=O)[O-])c3)cc2)C(=O)N1c1ccc(Cl)cc1. The third-order valence-electron chi connectivity index (χ3n) is 4.58. The van der Waals surface area contributed by atoms with Crippen LogP contribution in [-0.4, -0.2) is 16.1 Å². The minimum atomic E-state index is -0.451. The van der Waals surface area contributed by atoms with Gasteiger partial charge in [0.2, 0.25) is 0 Å². The molecule has 9 heteroatoms. The third kappa shape index (κ3) is 4.82. The third-order valence-corrected chi connectivity index (χ3v) is 5.70. The molecule has 2 amide bonds. The van der Waals surface area contributed by atoms with Gasteiger partial charge in [0, 0.05) is 17.2 Å². The molecule has 1 fully saturated rings. The first-order valence-corrected chi connectivity index (χ1v) is 10.6.